The molecule has 0 amide bonds. The van der Waals surface area contributed by atoms with Gasteiger partial charge in [-0.3, -0.25) is 14.4 Å². The second-order valence-corrected chi connectivity index (χ2v) is 9.52. The predicted molar refractivity (Wildman–Crippen MR) is 102 cm³/mol. The second-order valence-electron chi connectivity index (χ2n) is 9.52. The molecule has 0 N–H and O–H groups in total. The molecule has 0 aromatic heterocycles. The molecule has 0 spiro atoms. The van der Waals surface area contributed by atoms with Crippen LogP contribution in [0.3, 0.4) is 0 Å². The Morgan fingerprint density at radius 3 is 1.16 bits per heavy atom. The van der Waals surface area contributed by atoms with Gasteiger partial charge in [0.15, 0.2) is 17.3 Å². The van der Waals surface area contributed by atoms with Gasteiger partial charge in [0, 0.05) is 32.9 Å². The largest absolute Gasteiger partial charge is 0.294 e. The van der Waals surface area contributed by atoms with Crippen molar-refractivity contribution in [2.75, 3.05) is 0 Å². The number of ketones is 3. The highest BCUT2D eigenvalue weighted by atomic mass is 16.1. The Hall–Kier alpha value is -1.77. The predicted octanol–water partition coefficient (Wildman–Crippen LogP) is 5.76. The van der Waals surface area contributed by atoms with Crippen LogP contribution in [0.4, 0.5) is 0 Å². The standard InChI is InChI=1S/C22H32O3/c1-10-22(8,9)19(25)16-12-14(17(23)20(2,3)4)11-15(13-16)18(24)21(5,6)7/h11-13H,10H2,1-9H3. The van der Waals surface area contributed by atoms with Crippen LogP contribution >= 0.6 is 0 Å². The van der Waals surface area contributed by atoms with Gasteiger partial charge in [0.25, 0.3) is 0 Å². The first-order valence-electron chi connectivity index (χ1n) is 8.91. The molecule has 0 aliphatic rings. The summed E-state index contributed by atoms with van der Waals surface area (Å²) in [6.45, 7) is 16.8. The fourth-order valence-corrected chi connectivity index (χ4v) is 2.44. The van der Waals surface area contributed by atoms with E-state index in [0.29, 0.717) is 23.1 Å². The van der Waals surface area contributed by atoms with Crippen molar-refractivity contribution < 1.29 is 14.4 Å². The molecular formula is C22H32O3. The van der Waals surface area contributed by atoms with E-state index in [0.717, 1.165) is 0 Å². The average Bonchev–Trinajstić information content (AvgIpc) is 2.50. The number of benzene rings is 1. The van der Waals surface area contributed by atoms with Crippen LogP contribution in [0.2, 0.25) is 0 Å². The minimum Gasteiger partial charge on any atom is -0.294 e. The van der Waals surface area contributed by atoms with Crippen molar-refractivity contribution in [1.82, 2.24) is 0 Å². The molecule has 0 saturated heterocycles. The quantitative estimate of drug-likeness (QED) is 0.638. The molecule has 0 saturated carbocycles. The zero-order valence-corrected chi connectivity index (χ0v) is 17.2. The fourth-order valence-electron chi connectivity index (χ4n) is 2.44. The lowest BCUT2D eigenvalue weighted by Gasteiger charge is -2.24. The second kappa shape index (κ2) is 6.86. The molecule has 0 aliphatic heterocycles. The van der Waals surface area contributed by atoms with Gasteiger partial charge in [-0.15, -0.1) is 0 Å². The maximum Gasteiger partial charge on any atom is 0.168 e. The molecule has 1 aromatic rings. The van der Waals surface area contributed by atoms with Crippen LogP contribution in [-0.4, -0.2) is 17.3 Å². The molecule has 0 radical (unpaired) electrons. The lowest BCUT2D eigenvalue weighted by Crippen LogP contribution is -2.27. The number of Topliss-reactive ketones (excluding diaryl/α,β-unsaturated/α-hetero) is 3. The highest BCUT2D eigenvalue weighted by Gasteiger charge is 2.31. The summed E-state index contributed by atoms with van der Waals surface area (Å²) in [6.07, 6.45) is 0.686. The minimum atomic E-state index is -0.579. The summed E-state index contributed by atoms with van der Waals surface area (Å²) in [7, 11) is 0. The zero-order chi connectivity index (χ0) is 19.8. The van der Waals surface area contributed by atoms with E-state index < -0.39 is 16.2 Å². The fraction of sp³-hybridized carbons (Fsp3) is 0.591. The smallest absolute Gasteiger partial charge is 0.168 e. The summed E-state index contributed by atoms with van der Waals surface area (Å²) in [4.78, 5) is 38.4. The molecule has 3 heteroatoms. The molecular weight excluding hydrogens is 312 g/mol. The summed E-state index contributed by atoms with van der Waals surface area (Å²) in [5, 5.41) is 0. The van der Waals surface area contributed by atoms with Crippen LogP contribution in [0.25, 0.3) is 0 Å². The number of rotatable bonds is 5. The van der Waals surface area contributed by atoms with Gasteiger partial charge in [-0.25, -0.2) is 0 Å². The van der Waals surface area contributed by atoms with Gasteiger partial charge in [0.1, 0.15) is 0 Å². The maximum absolute atomic E-state index is 12.9. The van der Waals surface area contributed by atoms with E-state index in [1.165, 1.54) is 0 Å². The van der Waals surface area contributed by atoms with Crippen molar-refractivity contribution >= 4 is 17.3 Å². The first-order chi connectivity index (χ1) is 11.1. The Morgan fingerprint density at radius 2 is 0.920 bits per heavy atom. The van der Waals surface area contributed by atoms with Crippen LogP contribution in [0.1, 0.15) is 99.8 Å². The van der Waals surface area contributed by atoms with Crippen molar-refractivity contribution in [3.05, 3.63) is 34.9 Å². The Morgan fingerprint density at radius 1 is 0.640 bits per heavy atom. The Labute approximate surface area is 152 Å². The van der Waals surface area contributed by atoms with Gasteiger partial charge in [-0.05, 0) is 24.6 Å². The van der Waals surface area contributed by atoms with Gasteiger partial charge in [0.05, 0.1) is 0 Å². The van der Waals surface area contributed by atoms with Gasteiger partial charge >= 0.3 is 0 Å². The van der Waals surface area contributed by atoms with Crippen molar-refractivity contribution in [2.45, 2.75) is 68.7 Å². The van der Waals surface area contributed by atoms with Crippen LogP contribution in [-0.2, 0) is 0 Å². The van der Waals surface area contributed by atoms with E-state index in [1.54, 1.807) is 18.2 Å². The van der Waals surface area contributed by atoms with E-state index in [-0.39, 0.29) is 17.3 Å². The molecule has 0 heterocycles. The van der Waals surface area contributed by atoms with Crippen molar-refractivity contribution in [2.24, 2.45) is 16.2 Å². The van der Waals surface area contributed by atoms with E-state index in [1.807, 2.05) is 62.3 Å². The van der Waals surface area contributed by atoms with Gasteiger partial charge in [-0.1, -0.05) is 62.3 Å². The molecule has 1 aromatic carbocycles. The van der Waals surface area contributed by atoms with Crippen molar-refractivity contribution in [1.29, 1.82) is 0 Å². The molecule has 0 atom stereocenters. The van der Waals surface area contributed by atoms with Gasteiger partial charge < -0.3 is 0 Å². The average molecular weight is 344 g/mol. The normalized spacial score (nSPS) is 12.8. The van der Waals surface area contributed by atoms with Crippen molar-refractivity contribution in [3.8, 4) is 0 Å². The number of carbonyl (C=O) groups excluding carboxylic acids is 3. The Balaban J connectivity index is 3.61. The Kier molecular flexibility index (Phi) is 5.83. The lowest BCUT2D eigenvalue weighted by atomic mass is 9.78. The third kappa shape index (κ3) is 4.87. The maximum atomic E-state index is 12.9. The van der Waals surface area contributed by atoms with Crippen LogP contribution in [0, 0.1) is 16.2 Å². The summed E-state index contributed by atoms with van der Waals surface area (Å²) in [6, 6.07) is 4.93. The monoisotopic (exact) mass is 344 g/mol. The number of hydrogen-bond donors (Lipinski definition) is 0. The molecule has 0 unspecified atom stereocenters. The number of carbonyl (C=O) groups is 3. The zero-order valence-electron chi connectivity index (χ0n) is 17.2. The Bertz CT molecular complexity index is 651. The van der Waals surface area contributed by atoms with Gasteiger partial charge in [-0.2, -0.15) is 0 Å². The highest BCUT2D eigenvalue weighted by Crippen LogP contribution is 2.30. The van der Waals surface area contributed by atoms with E-state index in [2.05, 4.69) is 0 Å². The summed E-state index contributed by atoms with van der Waals surface area (Å²) in [5.41, 5.74) is -0.398. The van der Waals surface area contributed by atoms with E-state index >= 15 is 0 Å². The third-order valence-corrected chi connectivity index (χ3v) is 4.58. The first kappa shape index (κ1) is 21.3. The topological polar surface area (TPSA) is 51.2 Å². The van der Waals surface area contributed by atoms with E-state index in [9.17, 15) is 14.4 Å². The summed E-state index contributed by atoms with van der Waals surface area (Å²) >= 11 is 0. The van der Waals surface area contributed by atoms with Crippen LogP contribution in [0.15, 0.2) is 18.2 Å². The first-order valence-corrected chi connectivity index (χ1v) is 8.91. The van der Waals surface area contributed by atoms with Crippen LogP contribution in [0.5, 0.6) is 0 Å². The highest BCUT2D eigenvalue weighted by molar-refractivity contribution is 6.09. The van der Waals surface area contributed by atoms with E-state index in [4.69, 9.17) is 0 Å². The minimum absolute atomic E-state index is 0.0403. The molecule has 25 heavy (non-hydrogen) atoms. The summed E-state index contributed by atoms with van der Waals surface area (Å²) in [5.74, 6) is -0.180. The van der Waals surface area contributed by atoms with Crippen molar-refractivity contribution in [3.63, 3.8) is 0 Å². The molecule has 0 aliphatic carbocycles. The molecule has 0 bridgehead atoms. The van der Waals surface area contributed by atoms with Crippen LogP contribution < -0.4 is 0 Å². The number of hydrogen-bond acceptors (Lipinski definition) is 3. The molecule has 138 valence electrons. The summed E-state index contributed by atoms with van der Waals surface area (Å²) < 4.78 is 0. The third-order valence-electron chi connectivity index (χ3n) is 4.58. The molecule has 0 fully saturated rings. The molecule has 3 nitrogen and oxygen atoms in total. The molecule has 1 rings (SSSR count). The lowest BCUT2D eigenvalue weighted by molar-refractivity contribution is 0.0832. The SMILES string of the molecule is CCC(C)(C)C(=O)c1cc(C(=O)C(C)(C)C)cc(C(=O)C(C)(C)C)c1. The van der Waals surface area contributed by atoms with Gasteiger partial charge in [0.2, 0.25) is 0 Å².